The molecule has 0 unspecified atom stereocenters. The Labute approximate surface area is 144 Å². The van der Waals surface area contributed by atoms with Crippen molar-refractivity contribution in [3.8, 4) is 5.75 Å². The molecule has 2 aromatic rings. The molecule has 2 rings (SSSR count). The fourth-order valence-corrected chi connectivity index (χ4v) is 1.71. The number of benzene rings is 1. The monoisotopic (exact) mass is 348 g/mol. The number of carboxylic acids is 2. The molecular formula is C17H20N2O6. The highest BCUT2D eigenvalue weighted by Crippen LogP contribution is 2.12. The zero-order valence-corrected chi connectivity index (χ0v) is 13.5. The van der Waals surface area contributed by atoms with Crippen LogP contribution < -0.4 is 4.74 Å². The molecule has 1 aromatic carbocycles. The molecule has 0 amide bonds. The van der Waals surface area contributed by atoms with Gasteiger partial charge in [-0.15, -0.1) is 0 Å². The predicted molar refractivity (Wildman–Crippen MR) is 89.2 cm³/mol. The van der Waals surface area contributed by atoms with E-state index < -0.39 is 11.9 Å². The van der Waals surface area contributed by atoms with E-state index >= 15 is 0 Å². The summed E-state index contributed by atoms with van der Waals surface area (Å²) < 4.78 is 5.59. The molecule has 0 fully saturated rings. The Bertz CT molecular complexity index is 649. The second-order valence-corrected chi connectivity index (χ2v) is 4.84. The Morgan fingerprint density at radius 2 is 1.76 bits per heavy atom. The lowest BCUT2D eigenvalue weighted by Gasteiger charge is -2.06. The topological polar surface area (TPSA) is 133 Å². The van der Waals surface area contributed by atoms with E-state index in [2.05, 4.69) is 9.97 Å². The lowest BCUT2D eigenvalue weighted by atomic mass is 10.2. The Kier molecular flexibility index (Phi) is 9.09. The number of hydrogen-bond donors (Lipinski definition) is 4. The van der Waals surface area contributed by atoms with Crippen LogP contribution in [0.25, 0.3) is 0 Å². The van der Waals surface area contributed by atoms with Gasteiger partial charge in [-0.3, -0.25) is 0 Å². The highest BCUT2D eigenvalue weighted by molar-refractivity contribution is 5.89. The third-order valence-corrected chi connectivity index (χ3v) is 2.89. The molecule has 1 heterocycles. The largest absolute Gasteiger partial charge is 0.494 e. The number of aliphatic hydroxyl groups is 1. The molecule has 8 nitrogen and oxygen atoms in total. The van der Waals surface area contributed by atoms with Crippen LogP contribution in [0.2, 0.25) is 0 Å². The third-order valence-electron chi connectivity index (χ3n) is 2.89. The number of aliphatic carboxylic acids is 2. The van der Waals surface area contributed by atoms with Gasteiger partial charge in [0.25, 0.3) is 0 Å². The molecule has 0 aliphatic heterocycles. The number of hydrogen-bond acceptors (Lipinski definition) is 5. The maximum absolute atomic E-state index is 9.55. The minimum atomic E-state index is -1.26. The fraction of sp³-hybridized carbons (Fsp3) is 0.235. The number of carbonyl (C=O) groups is 2. The Morgan fingerprint density at radius 1 is 1.12 bits per heavy atom. The number of rotatable bonds is 8. The zero-order valence-electron chi connectivity index (χ0n) is 13.5. The van der Waals surface area contributed by atoms with Crippen LogP contribution in [-0.2, 0) is 22.6 Å². The van der Waals surface area contributed by atoms with Gasteiger partial charge in [0.05, 0.1) is 19.5 Å². The molecule has 0 atom stereocenters. The number of H-pyrrole nitrogens is 1. The van der Waals surface area contributed by atoms with Crippen molar-refractivity contribution in [3.63, 3.8) is 0 Å². The summed E-state index contributed by atoms with van der Waals surface area (Å²) in [5, 5.41) is 24.5. The van der Waals surface area contributed by atoms with Crippen LogP contribution in [0, 0.1) is 0 Å². The van der Waals surface area contributed by atoms with Gasteiger partial charge in [-0.2, -0.15) is 0 Å². The zero-order chi connectivity index (χ0) is 18.5. The highest BCUT2D eigenvalue weighted by atomic mass is 16.5. The molecule has 8 heteroatoms. The summed E-state index contributed by atoms with van der Waals surface area (Å²) >= 11 is 0. The number of aryl methyl sites for hydroxylation is 1. The maximum Gasteiger partial charge on any atom is 0.328 e. The van der Waals surface area contributed by atoms with E-state index in [0.717, 1.165) is 29.8 Å². The first kappa shape index (κ1) is 19.9. The summed E-state index contributed by atoms with van der Waals surface area (Å²) in [6.45, 7) is 0.748. The SMILES string of the molecule is O=C(O)/C=C\C(=O)O.OCc1ccc(OCCCc2cnc[nH]2)cc1. The normalized spacial score (nSPS) is 10.1. The maximum atomic E-state index is 9.55. The van der Waals surface area contributed by atoms with Gasteiger partial charge in [-0.25, -0.2) is 14.6 Å². The average molecular weight is 348 g/mol. The molecule has 134 valence electrons. The lowest BCUT2D eigenvalue weighted by molar-refractivity contribution is -0.134. The Hall–Kier alpha value is -3.13. The number of ether oxygens (including phenoxy) is 1. The summed E-state index contributed by atoms with van der Waals surface area (Å²) in [5.41, 5.74) is 2.03. The number of nitrogens with one attached hydrogen (secondary N) is 1. The van der Waals surface area contributed by atoms with Crippen LogP contribution in [0.15, 0.2) is 48.9 Å². The van der Waals surface area contributed by atoms with E-state index in [1.807, 2.05) is 30.5 Å². The smallest absolute Gasteiger partial charge is 0.328 e. The van der Waals surface area contributed by atoms with Crippen LogP contribution in [0.1, 0.15) is 17.7 Å². The third kappa shape index (κ3) is 9.57. The van der Waals surface area contributed by atoms with Crippen molar-refractivity contribution < 1.29 is 29.6 Å². The Balaban J connectivity index is 0.000000333. The van der Waals surface area contributed by atoms with Crippen molar-refractivity contribution in [2.45, 2.75) is 19.4 Å². The van der Waals surface area contributed by atoms with E-state index in [1.54, 1.807) is 6.33 Å². The molecule has 0 radical (unpaired) electrons. The molecule has 0 saturated heterocycles. The average Bonchev–Trinajstić information content (AvgIpc) is 3.11. The van der Waals surface area contributed by atoms with Gasteiger partial charge in [0.15, 0.2) is 0 Å². The van der Waals surface area contributed by atoms with Crippen molar-refractivity contribution in [2.24, 2.45) is 0 Å². The van der Waals surface area contributed by atoms with Crippen molar-refractivity contribution in [3.05, 3.63) is 60.2 Å². The van der Waals surface area contributed by atoms with Crippen LogP contribution >= 0.6 is 0 Å². The van der Waals surface area contributed by atoms with Gasteiger partial charge < -0.3 is 25.0 Å². The lowest BCUT2D eigenvalue weighted by Crippen LogP contribution is -1.99. The first-order valence-electron chi connectivity index (χ1n) is 7.45. The Morgan fingerprint density at radius 3 is 2.24 bits per heavy atom. The second-order valence-electron chi connectivity index (χ2n) is 4.84. The molecule has 0 aliphatic rings. The van der Waals surface area contributed by atoms with Gasteiger partial charge in [-0.1, -0.05) is 12.1 Å². The molecule has 0 spiro atoms. The van der Waals surface area contributed by atoms with Crippen LogP contribution in [0.5, 0.6) is 5.75 Å². The number of nitrogens with zero attached hydrogens (tertiary/aromatic N) is 1. The second kappa shape index (κ2) is 11.4. The van der Waals surface area contributed by atoms with E-state index in [0.29, 0.717) is 18.8 Å². The van der Waals surface area contributed by atoms with Crippen LogP contribution in [0.4, 0.5) is 0 Å². The summed E-state index contributed by atoms with van der Waals surface area (Å²) in [7, 11) is 0. The minimum Gasteiger partial charge on any atom is -0.494 e. The number of aromatic amines is 1. The van der Waals surface area contributed by atoms with E-state index in [9.17, 15) is 9.59 Å². The summed E-state index contributed by atoms with van der Waals surface area (Å²) in [5.74, 6) is -1.67. The van der Waals surface area contributed by atoms with Crippen LogP contribution in [0.3, 0.4) is 0 Å². The summed E-state index contributed by atoms with van der Waals surface area (Å²) in [6.07, 6.45) is 6.52. The van der Waals surface area contributed by atoms with E-state index in [-0.39, 0.29) is 6.61 Å². The number of aromatic nitrogens is 2. The molecule has 0 bridgehead atoms. The van der Waals surface area contributed by atoms with Gasteiger partial charge in [0.2, 0.25) is 0 Å². The predicted octanol–water partition coefficient (Wildman–Crippen LogP) is 1.63. The summed E-state index contributed by atoms with van der Waals surface area (Å²) in [4.78, 5) is 26.1. The summed E-state index contributed by atoms with van der Waals surface area (Å²) in [6, 6.07) is 7.48. The molecule has 4 N–H and O–H groups in total. The molecule has 1 aromatic heterocycles. The first-order chi connectivity index (χ1) is 12.0. The van der Waals surface area contributed by atoms with Gasteiger partial charge in [0.1, 0.15) is 5.75 Å². The molecular weight excluding hydrogens is 328 g/mol. The van der Waals surface area contributed by atoms with Crippen molar-refractivity contribution >= 4 is 11.9 Å². The number of carboxylic acid groups (broad SMARTS) is 2. The quantitative estimate of drug-likeness (QED) is 0.421. The van der Waals surface area contributed by atoms with Gasteiger partial charge in [-0.05, 0) is 30.5 Å². The van der Waals surface area contributed by atoms with Crippen molar-refractivity contribution in [1.82, 2.24) is 9.97 Å². The van der Waals surface area contributed by atoms with Crippen molar-refractivity contribution in [1.29, 1.82) is 0 Å². The minimum absolute atomic E-state index is 0.0695. The molecule has 0 saturated carbocycles. The molecule has 0 aliphatic carbocycles. The first-order valence-corrected chi connectivity index (χ1v) is 7.45. The van der Waals surface area contributed by atoms with Crippen molar-refractivity contribution in [2.75, 3.05) is 6.61 Å². The van der Waals surface area contributed by atoms with Gasteiger partial charge >= 0.3 is 11.9 Å². The fourth-order valence-electron chi connectivity index (χ4n) is 1.71. The van der Waals surface area contributed by atoms with Crippen LogP contribution in [-0.4, -0.2) is 43.8 Å². The standard InChI is InChI=1S/C13H16N2O2.C4H4O4/c16-9-11-3-5-13(6-4-11)17-7-1-2-12-8-14-10-15-12;5-3(6)1-2-4(7)8/h3-6,8,10,16H,1-2,7,9H2,(H,14,15);1-2H,(H,5,6)(H,7,8)/b;2-1-. The highest BCUT2D eigenvalue weighted by Gasteiger charge is 1.97. The number of aliphatic hydroxyl groups excluding tert-OH is 1. The van der Waals surface area contributed by atoms with E-state index in [4.69, 9.17) is 20.1 Å². The van der Waals surface area contributed by atoms with Gasteiger partial charge in [0, 0.05) is 24.0 Å². The number of imidazole rings is 1. The van der Waals surface area contributed by atoms with E-state index in [1.165, 1.54) is 0 Å². The molecule has 25 heavy (non-hydrogen) atoms.